The monoisotopic (exact) mass is 2180 g/mol. The minimum atomic E-state index is -0.403. The predicted molar refractivity (Wildman–Crippen MR) is 588 cm³/mol. The zero-order valence-corrected chi connectivity index (χ0v) is 89.7. The van der Waals surface area contributed by atoms with Gasteiger partial charge in [0.1, 0.15) is 29.1 Å². The van der Waals surface area contributed by atoms with E-state index in [1.165, 1.54) is 12.8 Å². The number of piperidine rings is 5. The van der Waals surface area contributed by atoms with Crippen molar-refractivity contribution in [1.29, 1.82) is 0 Å². The van der Waals surface area contributed by atoms with Crippen LogP contribution in [0.15, 0.2) is 145 Å². The highest BCUT2D eigenvalue weighted by molar-refractivity contribution is 6.46. The topological polar surface area (TPSA) is 416 Å². The van der Waals surface area contributed by atoms with Gasteiger partial charge in [0.05, 0.1) is 76.2 Å². The van der Waals surface area contributed by atoms with E-state index in [4.69, 9.17) is 154 Å². The SMILES string of the molecule is Cc1cc(N2CCC(C)(CN)CC2)n2[nH]c(=O)nc2c1-c1cccc(Cl)c1Cl.Cc1cc(N2CCC(C)(N)CC2)n2[nH]c(=O)nc2c1-c1cccc(Cl)c1Cl.Cc1cc(N2CCC3(CC2)COC(C)C3N)n2[nH]c(=O)nc2c1-c1cccc(Cl)c1Cl.Cc1cc(N2CCC3(CC2)COCC3N)n2[nH]c(=O)nc2c1-c1cccc(Cl)c1Cl.Cc1cc(N2CCC3(CCCC3N)CC2)n2[nH]c(=O)nc2c1-c1cccc(Cl)c1Cl. The Balaban J connectivity index is 0.000000115. The van der Waals surface area contributed by atoms with Crippen molar-refractivity contribution in [3.05, 3.63) is 252 Å². The summed E-state index contributed by atoms with van der Waals surface area (Å²) in [4.78, 5) is 93.5. The lowest BCUT2D eigenvalue weighted by molar-refractivity contribution is 0.0974. The molecule has 15 aromatic rings. The molecule has 4 unspecified atom stereocenters. The molecule has 7 aliphatic heterocycles. The highest BCUT2D eigenvalue weighted by atomic mass is 35.5. The number of hydrogen-bond donors (Lipinski definition) is 10. The van der Waals surface area contributed by atoms with E-state index in [1.807, 2.05) is 95.3 Å². The third-order valence-corrected chi connectivity index (χ3v) is 35.9. The summed E-state index contributed by atoms with van der Waals surface area (Å²) in [5, 5.41) is 18.8. The summed E-state index contributed by atoms with van der Waals surface area (Å²) in [5.74, 6) is 4.57. The van der Waals surface area contributed by atoms with Crippen LogP contribution in [-0.2, 0) is 9.47 Å². The van der Waals surface area contributed by atoms with Gasteiger partial charge in [-0.3, -0.25) is 0 Å². The first-order valence-electron chi connectivity index (χ1n) is 49.2. The van der Waals surface area contributed by atoms with Gasteiger partial charge in [0.2, 0.25) is 0 Å². The number of nitrogens with one attached hydrogen (secondary N) is 5. The molecule has 17 heterocycles. The van der Waals surface area contributed by atoms with E-state index < -0.39 is 22.8 Å². The Hall–Kier alpha value is -10.2. The summed E-state index contributed by atoms with van der Waals surface area (Å²) < 4.78 is 20.3. The van der Waals surface area contributed by atoms with Crippen LogP contribution in [0, 0.1) is 56.3 Å². The molecule has 7 saturated heterocycles. The van der Waals surface area contributed by atoms with Crippen molar-refractivity contribution < 1.29 is 9.47 Å². The van der Waals surface area contributed by atoms with Crippen molar-refractivity contribution in [3.63, 3.8) is 0 Å². The number of halogens is 10. The van der Waals surface area contributed by atoms with Crippen LogP contribution in [0.5, 0.6) is 0 Å². The number of nitrogens with two attached hydrogens (primary N) is 5. The molecule has 8 fully saturated rings. The van der Waals surface area contributed by atoms with Crippen LogP contribution >= 0.6 is 116 Å². The Kier molecular flexibility index (Phi) is 29.8. The first kappa shape index (κ1) is 104. The molecule has 42 heteroatoms. The molecule has 5 aromatic carbocycles. The summed E-state index contributed by atoms with van der Waals surface area (Å²) in [6.07, 6.45) is 13.4. The highest BCUT2D eigenvalue weighted by Gasteiger charge is 2.50. The highest BCUT2D eigenvalue weighted by Crippen LogP contribution is 2.51. The maximum atomic E-state index is 12.3. The molecule has 1 saturated carbocycles. The largest absolute Gasteiger partial charge is 0.379 e. The number of pyridine rings is 5. The van der Waals surface area contributed by atoms with Crippen LogP contribution in [0.4, 0.5) is 29.1 Å². The van der Waals surface area contributed by atoms with Crippen molar-refractivity contribution in [3.8, 4) is 55.6 Å². The molecule has 8 aliphatic rings. The lowest BCUT2D eigenvalue weighted by Gasteiger charge is -2.43. The van der Waals surface area contributed by atoms with Crippen molar-refractivity contribution in [2.75, 3.05) is 116 Å². The zero-order chi connectivity index (χ0) is 103. The van der Waals surface area contributed by atoms with Crippen molar-refractivity contribution in [1.82, 2.24) is 73.0 Å². The number of nitrogens with zero attached hydrogens (tertiary/aromatic N) is 15. The quantitative estimate of drug-likeness (QED) is 0.0575. The molecule has 0 bridgehead atoms. The number of anilines is 5. The van der Waals surface area contributed by atoms with Gasteiger partial charge in [0.15, 0.2) is 28.2 Å². The van der Waals surface area contributed by atoms with Crippen LogP contribution < -0.4 is 81.6 Å². The lowest BCUT2D eigenvalue weighted by atomic mass is 9.73. The molecule has 1 aliphatic carbocycles. The van der Waals surface area contributed by atoms with Gasteiger partial charge in [-0.15, -0.1) is 0 Å². The number of ether oxygens (including phenoxy) is 2. The van der Waals surface area contributed by atoms with Crippen molar-refractivity contribution in [2.24, 2.45) is 50.3 Å². The molecule has 0 amide bonds. The van der Waals surface area contributed by atoms with Gasteiger partial charge in [-0.1, -0.05) is 190 Å². The van der Waals surface area contributed by atoms with Gasteiger partial charge in [0.25, 0.3) is 0 Å². The standard InChI is InChI=1S/C22H25Cl2N5O2.C22H25Cl2N5O.C21H23Cl2N5O2.C20H23Cl2N5O.C19H21Cl2N5O/c1-12-10-16(28-8-6-22(7-9-28)11-31-13(2)19(22)25)29-20(26-21(30)27-29)17(12)14-4-3-5-15(23)18(14)24;1-13-12-17(28-10-8-22(9-11-28)7-3-6-16(22)25)29-20(26-21(30)27-29)18(13)14-4-2-5-15(23)19(14)24;1-12-9-16(27-7-5-21(6-8-27)11-30-10-15(21)24)28-19(25-20(29)26-28)17(12)13-3-2-4-14(22)18(13)23;1-12-10-15(26-8-6-20(2,11-23)7-9-26)27-18(24-19(28)25-27)16(12)13-4-3-5-14(21)17(13)22;1-11-10-14(25-8-6-19(2,22)7-9-25)26-17(23-18(27)24-26)15(11)12-4-3-5-13(20)16(12)21/h3-5,10,13,19H,6-9,11,25H2,1-2H3,(H,27,30);2,4-5,12,16H,3,6-11,25H2,1H3,(H,27,30);2-4,9,15H,5-8,10-11,24H2,1H3,(H,26,29);3-5,10H,6-9,11,23H2,1-2H3,(H,25,28);3-5,10H,6-9,22H2,1-2H3,(H,24,27). The number of aryl methyl sites for hydroxylation is 5. The van der Waals surface area contributed by atoms with E-state index in [9.17, 15) is 24.0 Å². The number of aromatic nitrogens is 15. The summed E-state index contributed by atoms with van der Waals surface area (Å²) in [5.41, 5.74) is 45.3. The predicted octanol–water partition coefficient (Wildman–Crippen LogP) is 18.8. The molecule has 23 rings (SSSR count). The molecule has 146 heavy (non-hydrogen) atoms. The number of rotatable bonds is 11. The van der Waals surface area contributed by atoms with E-state index in [1.54, 1.807) is 52.9 Å². The number of H-pyrrole nitrogens is 5. The summed E-state index contributed by atoms with van der Waals surface area (Å²) in [6.45, 7) is 27.7. The second-order valence-corrected chi connectivity index (χ2v) is 45.0. The fourth-order valence-electron chi connectivity index (χ4n) is 22.8. The van der Waals surface area contributed by atoms with Gasteiger partial charge < -0.3 is 62.6 Å². The van der Waals surface area contributed by atoms with E-state index in [0.29, 0.717) is 104 Å². The van der Waals surface area contributed by atoms with Crippen LogP contribution in [0.2, 0.25) is 50.2 Å². The first-order chi connectivity index (χ1) is 69.7. The molecular weight excluding hydrogens is 2070 g/mol. The van der Waals surface area contributed by atoms with Gasteiger partial charge in [0, 0.05) is 156 Å². The Bertz CT molecular complexity index is 7670. The Morgan fingerprint density at radius 2 is 0.616 bits per heavy atom. The maximum absolute atomic E-state index is 12.3. The average molecular weight is 2180 g/mol. The fourth-order valence-corrected chi connectivity index (χ4v) is 24.8. The summed E-state index contributed by atoms with van der Waals surface area (Å²) in [7, 11) is 0. The van der Waals surface area contributed by atoms with Crippen molar-refractivity contribution >= 4 is 173 Å². The molecule has 15 N–H and O–H groups in total. The molecular formula is C104H117Cl10N25O7. The second-order valence-electron chi connectivity index (χ2n) is 41.1. The summed E-state index contributed by atoms with van der Waals surface area (Å²) >= 11 is 63.6. The molecule has 3 spiro atoms. The molecule has 0 radical (unpaired) electrons. The Morgan fingerprint density at radius 3 is 0.856 bits per heavy atom. The van der Waals surface area contributed by atoms with Crippen LogP contribution in [-0.4, -0.2) is 195 Å². The van der Waals surface area contributed by atoms with Gasteiger partial charge in [-0.05, 0) is 231 Å². The normalized spacial score (nSPS) is 19.9. The minimum absolute atomic E-state index is 0.0284. The van der Waals surface area contributed by atoms with Crippen LogP contribution in [0.1, 0.15) is 132 Å². The number of hydrogen-bond acceptors (Lipinski definition) is 22. The van der Waals surface area contributed by atoms with E-state index in [-0.39, 0.29) is 51.1 Å². The third kappa shape index (κ3) is 19.9. The van der Waals surface area contributed by atoms with Crippen LogP contribution in [0.3, 0.4) is 0 Å². The van der Waals surface area contributed by atoms with E-state index in [0.717, 1.165) is 255 Å². The van der Waals surface area contributed by atoms with Gasteiger partial charge in [-0.2, -0.15) is 24.9 Å². The first-order valence-corrected chi connectivity index (χ1v) is 53.0. The van der Waals surface area contributed by atoms with E-state index in [2.05, 4.69) is 126 Å². The zero-order valence-electron chi connectivity index (χ0n) is 82.2. The number of benzene rings is 5. The van der Waals surface area contributed by atoms with Gasteiger partial charge in [-0.25, -0.2) is 72.0 Å². The average Bonchev–Trinajstić information content (AvgIpc) is 1.57. The lowest BCUT2D eigenvalue weighted by Crippen LogP contribution is -2.51. The van der Waals surface area contributed by atoms with Crippen LogP contribution in [0.25, 0.3) is 83.9 Å². The van der Waals surface area contributed by atoms with E-state index >= 15 is 0 Å². The Labute approximate surface area is 891 Å². The third-order valence-electron chi connectivity index (χ3n) is 31.8. The Morgan fingerprint density at radius 1 is 0.356 bits per heavy atom. The maximum Gasteiger partial charge on any atom is 0.362 e. The summed E-state index contributed by atoms with van der Waals surface area (Å²) in [6, 6.07) is 38.2. The smallest absolute Gasteiger partial charge is 0.362 e. The molecule has 770 valence electrons. The molecule has 10 aromatic heterocycles. The molecule has 4 atom stereocenters. The number of fused-ring (bicyclic) bond motifs is 5. The van der Waals surface area contributed by atoms with Crippen molar-refractivity contribution in [2.45, 2.75) is 169 Å². The number of aromatic amines is 5. The minimum Gasteiger partial charge on any atom is -0.379 e. The second kappa shape index (κ2) is 41.6. The molecule has 32 nitrogen and oxygen atoms in total. The fraction of sp³-hybridized carbons (Fsp3) is 0.423. The van der Waals surface area contributed by atoms with Gasteiger partial charge >= 0.3 is 28.4 Å².